The second kappa shape index (κ2) is 7.21. The molecule has 0 saturated heterocycles. The van der Waals surface area contributed by atoms with E-state index >= 15 is 0 Å². The van der Waals surface area contributed by atoms with Gasteiger partial charge in [-0.3, -0.25) is 15.1 Å². The number of methoxy groups -OCH3 is 2. The summed E-state index contributed by atoms with van der Waals surface area (Å²) in [7, 11) is 2.91. The molecule has 0 spiro atoms. The molecule has 0 amide bonds. The Morgan fingerprint density at radius 3 is 2.27 bits per heavy atom. The van der Waals surface area contributed by atoms with Gasteiger partial charge in [-0.1, -0.05) is 0 Å². The predicted molar refractivity (Wildman–Crippen MR) is 92.6 cm³/mol. The highest BCUT2D eigenvalue weighted by Crippen LogP contribution is 2.33. The van der Waals surface area contributed by atoms with Gasteiger partial charge in [0.15, 0.2) is 11.5 Å². The molecule has 0 unspecified atom stereocenters. The zero-order valence-electron chi connectivity index (χ0n) is 11.9. The standard InChI is InChI=1S/C15H13IN2O4/c1-21-14-7-10(13(18(19)20)8-15(14)22-2)9-17-12-5-3-11(16)4-6-12/h3-9H,1-2H3. The van der Waals surface area contributed by atoms with Crippen LogP contribution in [-0.4, -0.2) is 25.4 Å². The Hall–Kier alpha value is -2.16. The average molecular weight is 412 g/mol. The first-order chi connectivity index (χ1) is 10.5. The molecule has 0 N–H and O–H groups in total. The van der Waals surface area contributed by atoms with Crippen LogP contribution in [0, 0.1) is 13.7 Å². The number of benzene rings is 2. The van der Waals surface area contributed by atoms with Gasteiger partial charge in [-0.2, -0.15) is 0 Å². The fourth-order valence-corrected chi connectivity index (χ4v) is 2.18. The van der Waals surface area contributed by atoms with Gasteiger partial charge in [0.2, 0.25) is 0 Å². The number of hydrogen-bond donors (Lipinski definition) is 0. The molecule has 0 heterocycles. The molecule has 114 valence electrons. The van der Waals surface area contributed by atoms with Crippen LogP contribution in [0.25, 0.3) is 0 Å². The number of hydrogen-bond acceptors (Lipinski definition) is 5. The number of aliphatic imine (C=N–C) groups is 1. The third-order valence-corrected chi connectivity index (χ3v) is 3.63. The number of rotatable bonds is 5. The molecular formula is C15H13IN2O4. The number of ether oxygens (including phenoxy) is 2. The molecule has 0 radical (unpaired) electrons. The first kappa shape index (κ1) is 16.2. The summed E-state index contributed by atoms with van der Waals surface area (Å²) >= 11 is 2.20. The lowest BCUT2D eigenvalue weighted by atomic mass is 10.1. The Morgan fingerprint density at radius 2 is 1.73 bits per heavy atom. The molecule has 0 aliphatic carbocycles. The van der Waals surface area contributed by atoms with E-state index in [0.29, 0.717) is 22.7 Å². The summed E-state index contributed by atoms with van der Waals surface area (Å²) in [4.78, 5) is 15.0. The molecule has 0 aliphatic rings. The van der Waals surface area contributed by atoms with E-state index in [1.165, 1.54) is 32.6 Å². The van der Waals surface area contributed by atoms with E-state index < -0.39 is 4.92 Å². The third-order valence-electron chi connectivity index (χ3n) is 2.91. The van der Waals surface area contributed by atoms with Crippen molar-refractivity contribution in [1.82, 2.24) is 0 Å². The maximum atomic E-state index is 11.2. The van der Waals surface area contributed by atoms with Crippen LogP contribution in [0.15, 0.2) is 41.4 Å². The highest BCUT2D eigenvalue weighted by Gasteiger charge is 2.18. The van der Waals surface area contributed by atoms with Crippen molar-refractivity contribution in [3.05, 3.63) is 55.6 Å². The Morgan fingerprint density at radius 1 is 1.14 bits per heavy atom. The number of nitrogens with zero attached hydrogens (tertiary/aromatic N) is 2. The van der Waals surface area contributed by atoms with Crippen LogP contribution >= 0.6 is 22.6 Å². The summed E-state index contributed by atoms with van der Waals surface area (Å²) in [5, 5.41) is 11.2. The van der Waals surface area contributed by atoms with Crippen molar-refractivity contribution in [2.75, 3.05) is 14.2 Å². The van der Waals surface area contributed by atoms with E-state index in [0.717, 1.165) is 3.57 Å². The number of nitro benzene ring substituents is 1. The molecule has 0 atom stereocenters. The van der Waals surface area contributed by atoms with Crippen LogP contribution < -0.4 is 9.47 Å². The van der Waals surface area contributed by atoms with Crippen molar-refractivity contribution in [2.45, 2.75) is 0 Å². The van der Waals surface area contributed by atoms with Crippen LogP contribution in [0.2, 0.25) is 0 Å². The Bertz CT molecular complexity index is 714. The fourth-order valence-electron chi connectivity index (χ4n) is 1.82. The van der Waals surface area contributed by atoms with Gasteiger partial charge in [-0.05, 0) is 52.9 Å². The van der Waals surface area contributed by atoms with Crippen molar-refractivity contribution in [1.29, 1.82) is 0 Å². The summed E-state index contributed by atoms with van der Waals surface area (Å²) in [5.41, 5.74) is 0.970. The predicted octanol–water partition coefficient (Wildman–Crippen LogP) is 3.97. The Labute approximate surface area is 141 Å². The van der Waals surface area contributed by atoms with Gasteiger partial charge in [-0.15, -0.1) is 0 Å². The lowest BCUT2D eigenvalue weighted by Crippen LogP contribution is -1.98. The van der Waals surface area contributed by atoms with Crippen LogP contribution in [-0.2, 0) is 0 Å². The lowest BCUT2D eigenvalue weighted by Gasteiger charge is -2.08. The Balaban J connectivity index is 2.44. The van der Waals surface area contributed by atoms with Crippen LogP contribution in [0.4, 0.5) is 11.4 Å². The van der Waals surface area contributed by atoms with Crippen LogP contribution in [0.5, 0.6) is 11.5 Å². The van der Waals surface area contributed by atoms with Gasteiger partial charge in [0.1, 0.15) is 0 Å². The van der Waals surface area contributed by atoms with E-state index in [4.69, 9.17) is 9.47 Å². The lowest BCUT2D eigenvalue weighted by molar-refractivity contribution is -0.385. The van der Waals surface area contributed by atoms with Crippen molar-refractivity contribution < 1.29 is 14.4 Å². The maximum absolute atomic E-state index is 11.2. The van der Waals surface area contributed by atoms with Gasteiger partial charge in [-0.25, -0.2) is 0 Å². The molecule has 2 aromatic rings. The van der Waals surface area contributed by atoms with Gasteiger partial charge >= 0.3 is 0 Å². The normalized spacial score (nSPS) is 10.7. The van der Waals surface area contributed by atoms with E-state index in [9.17, 15) is 10.1 Å². The zero-order chi connectivity index (χ0) is 16.1. The highest BCUT2D eigenvalue weighted by molar-refractivity contribution is 14.1. The fraction of sp³-hybridized carbons (Fsp3) is 0.133. The van der Waals surface area contributed by atoms with Gasteiger partial charge in [0, 0.05) is 9.78 Å². The summed E-state index contributed by atoms with van der Waals surface area (Å²) in [6.45, 7) is 0. The quantitative estimate of drug-likeness (QED) is 0.323. The van der Waals surface area contributed by atoms with Gasteiger partial charge in [0.25, 0.3) is 5.69 Å². The smallest absolute Gasteiger partial charge is 0.282 e. The van der Waals surface area contributed by atoms with Crippen LogP contribution in [0.1, 0.15) is 5.56 Å². The summed E-state index contributed by atoms with van der Waals surface area (Å²) in [6.07, 6.45) is 1.45. The molecule has 0 bridgehead atoms. The zero-order valence-corrected chi connectivity index (χ0v) is 14.1. The average Bonchev–Trinajstić information content (AvgIpc) is 2.53. The molecule has 2 rings (SSSR count). The molecular weight excluding hydrogens is 399 g/mol. The highest BCUT2D eigenvalue weighted by atomic mass is 127. The maximum Gasteiger partial charge on any atom is 0.282 e. The summed E-state index contributed by atoms with van der Waals surface area (Å²) in [5.74, 6) is 0.720. The molecule has 6 nitrogen and oxygen atoms in total. The number of nitro groups is 1. The monoisotopic (exact) mass is 412 g/mol. The van der Waals surface area contributed by atoms with Gasteiger partial charge < -0.3 is 9.47 Å². The summed E-state index contributed by atoms with van der Waals surface area (Å²) < 4.78 is 11.3. The minimum Gasteiger partial charge on any atom is -0.493 e. The molecule has 22 heavy (non-hydrogen) atoms. The van der Waals surface area contributed by atoms with E-state index in [1.54, 1.807) is 0 Å². The molecule has 7 heteroatoms. The number of halogens is 1. The van der Waals surface area contributed by atoms with E-state index in [-0.39, 0.29) is 5.69 Å². The minimum absolute atomic E-state index is 0.0908. The molecule has 0 aliphatic heterocycles. The van der Waals surface area contributed by atoms with Crippen molar-refractivity contribution in [3.8, 4) is 11.5 Å². The second-order valence-electron chi connectivity index (χ2n) is 4.26. The molecule has 2 aromatic carbocycles. The molecule has 0 aromatic heterocycles. The second-order valence-corrected chi connectivity index (χ2v) is 5.50. The molecule has 0 saturated carbocycles. The van der Waals surface area contributed by atoms with Crippen LogP contribution in [0.3, 0.4) is 0 Å². The van der Waals surface area contributed by atoms with Crippen molar-refractivity contribution in [3.63, 3.8) is 0 Å². The Kier molecular flexibility index (Phi) is 5.31. The topological polar surface area (TPSA) is 74.0 Å². The SMILES string of the molecule is COc1cc(C=Nc2ccc(I)cc2)c([N+](=O)[O-])cc1OC. The van der Waals surface area contributed by atoms with Crippen molar-refractivity contribution >= 4 is 40.2 Å². The van der Waals surface area contributed by atoms with E-state index in [1.807, 2.05) is 24.3 Å². The largest absolute Gasteiger partial charge is 0.493 e. The first-order valence-corrected chi connectivity index (χ1v) is 7.33. The first-order valence-electron chi connectivity index (χ1n) is 6.25. The summed E-state index contributed by atoms with van der Waals surface area (Å²) in [6, 6.07) is 10.4. The third kappa shape index (κ3) is 3.73. The van der Waals surface area contributed by atoms with E-state index in [2.05, 4.69) is 27.6 Å². The minimum atomic E-state index is -0.475. The van der Waals surface area contributed by atoms with Gasteiger partial charge in [0.05, 0.1) is 36.5 Å². The molecule has 0 fully saturated rings. The van der Waals surface area contributed by atoms with Crippen molar-refractivity contribution in [2.24, 2.45) is 4.99 Å².